The molecule has 0 heterocycles. The van der Waals surface area contributed by atoms with E-state index in [2.05, 4.69) is 46.4 Å². The van der Waals surface area contributed by atoms with Crippen LogP contribution in [0.1, 0.15) is 98.3 Å². The van der Waals surface area contributed by atoms with Crippen LogP contribution in [0.5, 0.6) is 0 Å². The molecule has 0 aliphatic heterocycles. The minimum atomic E-state index is -5.17. The zero-order chi connectivity index (χ0) is 24.8. The molecule has 0 radical (unpaired) electrons. The van der Waals surface area contributed by atoms with Crippen LogP contribution in [0.2, 0.25) is 0 Å². The molecule has 0 spiro atoms. The van der Waals surface area contributed by atoms with Crippen molar-refractivity contribution in [1.82, 2.24) is 0 Å². The van der Waals surface area contributed by atoms with Gasteiger partial charge in [0.15, 0.2) is 0 Å². The third kappa shape index (κ3) is 9.70. The maximum absolute atomic E-state index is 10.0. The summed E-state index contributed by atoms with van der Waals surface area (Å²) in [6.45, 7) is 14.1. The molecule has 1 unspecified atom stereocenters. The summed E-state index contributed by atoms with van der Waals surface area (Å²) in [5.74, 6) is 3.37. The maximum Gasteiger partial charge on any atom is 2.00 e. The molecular formula is C27H44MgO5S. The molecule has 3 aliphatic carbocycles. The maximum atomic E-state index is 10.0. The van der Waals surface area contributed by atoms with E-state index in [-0.39, 0.29) is 29.2 Å². The zero-order valence-corrected chi connectivity index (χ0v) is 24.0. The van der Waals surface area contributed by atoms with Gasteiger partial charge in [-0.3, -0.25) is 8.42 Å². The van der Waals surface area contributed by atoms with Crippen molar-refractivity contribution < 1.29 is 22.6 Å². The van der Waals surface area contributed by atoms with E-state index in [1.807, 2.05) is 0 Å². The molecule has 3 aliphatic rings. The Morgan fingerprint density at radius 1 is 1.12 bits per heavy atom. The molecule has 5 atom stereocenters. The first-order valence-corrected chi connectivity index (χ1v) is 14.1. The molecular weight excluding hydrogens is 461 g/mol. The fraction of sp³-hybridized carbons (Fsp3) is 0.778. The van der Waals surface area contributed by atoms with E-state index in [9.17, 15) is 5.11 Å². The van der Waals surface area contributed by atoms with E-state index in [0.29, 0.717) is 5.41 Å². The van der Waals surface area contributed by atoms with Crippen molar-refractivity contribution in [2.24, 2.45) is 29.1 Å². The topological polar surface area (TPSA) is 100 Å². The molecule has 0 aromatic heterocycles. The molecule has 34 heavy (non-hydrogen) atoms. The minimum absolute atomic E-state index is 0. The average Bonchev–Trinajstić information content (AvgIpc) is 3.04. The fourth-order valence-corrected chi connectivity index (χ4v) is 6.66. The van der Waals surface area contributed by atoms with Crippen LogP contribution in [0.4, 0.5) is 0 Å². The zero-order valence-electron chi connectivity index (χ0n) is 21.7. The van der Waals surface area contributed by atoms with Crippen LogP contribution < -0.4 is 0 Å². The van der Waals surface area contributed by atoms with Crippen molar-refractivity contribution >= 4 is 33.5 Å². The molecule has 3 saturated carbocycles. The van der Waals surface area contributed by atoms with Crippen LogP contribution in [0.25, 0.3) is 0 Å². The Hall–Kier alpha value is -0.184. The first-order valence-electron chi connectivity index (χ1n) is 12.7. The van der Waals surface area contributed by atoms with Crippen LogP contribution >= 0.6 is 0 Å². The van der Waals surface area contributed by atoms with E-state index in [4.69, 9.17) is 17.5 Å². The minimum Gasteiger partial charge on any atom is -0.759 e. The van der Waals surface area contributed by atoms with Gasteiger partial charge in [-0.05, 0) is 86.0 Å². The van der Waals surface area contributed by atoms with Crippen LogP contribution in [0.15, 0.2) is 35.5 Å². The Balaban J connectivity index is 0.000000873. The predicted molar refractivity (Wildman–Crippen MR) is 137 cm³/mol. The normalized spacial score (nSPS) is 32.7. The van der Waals surface area contributed by atoms with Gasteiger partial charge in [0.2, 0.25) is 0 Å². The van der Waals surface area contributed by atoms with Crippen LogP contribution in [0.3, 0.4) is 0 Å². The van der Waals surface area contributed by atoms with Crippen molar-refractivity contribution in [3.05, 3.63) is 35.5 Å². The predicted octanol–water partition coefficient (Wildman–Crippen LogP) is 5.90. The number of rotatable bonds is 6. The smallest absolute Gasteiger partial charge is 0.759 e. The molecule has 3 rings (SSSR count). The number of hydrogen-bond donors (Lipinski definition) is 1. The molecule has 0 aromatic rings. The fourth-order valence-electron chi connectivity index (χ4n) is 6.66. The number of aliphatic hydroxyl groups excluding tert-OH is 1. The van der Waals surface area contributed by atoms with E-state index in [1.165, 1.54) is 62.5 Å². The third-order valence-corrected chi connectivity index (χ3v) is 8.35. The van der Waals surface area contributed by atoms with Gasteiger partial charge in [-0.1, -0.05) is 76.8 Å². The first kappa shape index (κ1) is 31.8. The van der Waals surface area contributed by atoms with Crippen molar-refractivity contribution in [2.45, 2.75) is 104 Å². The molecule has 3 fully saturated rings. The molecule has 5 nitrogen and oxygen atoms in total. The van der Waals surface area contributed by atoms with Gasteiger partial charge in [-0.15, -0.1) is 0 Å². The first-order chi connectivity index (χ1) is 15.3. The SMILES string of the molecule is C=C1CC[C@H](O)C/C1=C\C=C1/CCC[C@]2(C)[C@@H](C(C)CCCC(C)C)CC[C@@H]12.O=S(=O)([O-])[O-].[Mg+2]. The van der Waals surface area contributed by atoms with Crippen molar-refractivity contribution in [3.63, 3.8) is 0 Å². The van der Waals surface area contributed by atoms with Gasteiger partial charge >= 0.3 is 23.1 Å². The van der Waals surface area contributed by atoms with Gasteiger partial charge in [0.25, 0.3) is 0 Å². The number of hydrogen-bond acceptors (Lipinski definition) is 5. The molecule has 0 saturated heterocycles. The molecule has 0 bridgehead atoms. The summed E-state index contributed by atoms with van der Waals surface area (Å²) < 4.78 is 34.1. The van der Waals surface area contributed by atoms with Gasteiger partial charge in [-0.25, -0.2) is 0 Å². The van der Waals surface area contributed by atoms with Crippen LogP contribution in [-0.4, -0.2) is 51.8 Å². The summed E-state index contributed by atoms with van der Waals surface area (Å²) in [4.78, 5) is 0. The second-order valence-corrected chi connectivity index (χ2v) is 12.1. The Kier molecular flexibility index (Phi) is 13.1. The van der Waals surface area contributed by atoms with Crippen molar-refractivity contribution in [3.8, 4) is 0 Å². The third-order valence-electron chi connectivity index (χ3n) is 8.35. The van der Waals surface area contributed by atoms with Gasteiger partial charge < -0.3 is 14.2 Å². The van der Waals surface area contributed by atoms with Gasteiger partial charge in [0.05, 0.1) is 6.10 Å². The summed E-state index contributed by atoms with van der Waals surface area (Å²) in [5.41, 5.74) is 4.72. The summed E-state index contributed by atoms with van der Waals surface area (Å²) in [6.07, 6.45) is 18.2. The summed E-state index contributed by atoms with van der Waals surface area (Å²) >= 11 is 0. The monoisotopic (exact) mass is 504 g/mol. The summed E-state index contributed by atoms with van der Waals surface area (Å²) in [7, 11) is -5.17. The quantitative estimate of drug-likeness (QED) is 0.275. The second kappa shape index (κ2) is 13.9. The molecule has 0 aromatic carbocycles. The van der Waals surface area contributed by atoms with E-state index in [0.717, 1.165) is 42.9 Å². The molecule has 190 valence electrons. The van der Waals surface area contributed by atoms with E-state index >= 15 is 0 Å². The Morgan fingerprint density at radius 3 is 2.38 bits per heavy atom. The van der Waals surface area contributed by atoms with Gasteiger partial charge in [0, 0.05) is 10.4 Å². The van der Waals surface area contributed by atoms with Gasteiger partial charge in [0.1, 0.15) is 0 Å². The van der Waals surface area contributed by atoms with Crippen molar-refractivity contribution in [2.75, 3.05) is 0 Å². The standard InChI is InChI=1S/C27H44O.Mg.H2O4S/c1-19(2)8-6-9-21(4)25-15-16-26-22(10-7-17-27(25,26)5)12-13-23-18-24(28)14-11-20(23)3;;1-5(2,3)4/h12-13,19,21,24-26,28H,3,6-11,14-18H2,1-2,4-5H3;;(H2,1,2,3,4)/q;+2;/p-2/b22-12+,23-13+;;/t21?,24-,25+,26-,27+;;/m0../s1. The number of aliphatic hydroxyl groups is 1. The molecule has 1 N–H and O–H groups in total. The second-order valence-electron chi connectivity index (χ2n) is 11.2. The van der Waals surface area contributed by atoms with Gasteiger partial charge in [-0.2, -0.15) is 0 Å². The largest absolute Gasteiger partial charge is 2.00 e. The van der Waals surface area contributed by atoms with E-state index in [1.54, 1.807) is 5.57 Å². The Labute approximate surface area is 224 Å². The summed E-state index contributed by atoms with van der Waals surface area (Å²) in [5, 5.41) is 10.0. The van der Waals surface area contributed by atoms with Crippen molar-refractivity contribution in [1.29, 1.82) is 0 Å². The van der Waals surface area contributed by atoms with E-state index < -0.39 is 10.4 Å². The van der Waals surface area contributed by atoms with Crippen LogP contribution in [-0.2, 0) is 10.4 Å². The Bertz CT molecular complexity index is 824. The molecule has 0 amide bonds. The number of fused-ring (bicyclic) bond motifs is 1. The summed E-state index contributed by atoms with van der Waals surface area (Å²) in [6, 6.07) is 0. The number of allylic oxidation sites excluding steroid dienone is 4. The Morgan fingerprint density at radius 2 is 1.76 bits per heavy atom. The van der Waals surface area contributed by atoms with Crippen LogP contribution in [0, 0.1) is 29.1 Å². The average molecular weight is 505 g/mol. The molecule has 7 heteroatoms.